The normalized spacial score (nSPS) is 35.1. The fourth-order valence-corrected chi connectivity index (χ4v) is 4.10. The van der Waals surface area contributed by atoms with Crippen molar-refractivity contribution >= 4 is 11.8 Å². The van der Waals surface area contributed by atoms with Crippen LogP contribution in [0.2, 0.25) is 0 Å². The number of thioether (sulfide) groups is 1. The SMILES string of the molecule is CN1CCC2(CC1)CC(N)CCS2. The van der Waals surface area contributed by atoms with E-state index in [0.29, 0.717) is 10.8 Å². The molecule has 2 nitrogen and oxygen atoms in total. The highest BCUT2D eigenvalue weighted by Crippen LogP contribution is 2.43. The van der Waals surface area contributed by atoms with Crippen LogP contribution in [0.5, 0.6) is 0 Å². The van der Waals surface area contributed by atoms with Crippen molar-refractivity contribution in [1.29, 1.82) is 0 Å². The van der Waals surface area contributed by atoms with E-state index in [9.17, 15) is 0 Å². The Balaban J connectivity index is 1.95. The molecule has 0 saturated carbocycles. The fourth-order valence-electron chi connectivity index (χ4n) is 2.44. The first kappa shape index (κ1) is 9.81. The summed E-state index contributed by atoms with van der Waals surface area (Å²) in [5.74, 6) is 1.28. The van der Waals surface area contributed by atoms with Crippen LogP contribution in [0.15, 0.2) is 0 Å². The Kier molecular flexibility index (Phi) is 2.86. The molecule has 0 bridgehead atoms. The van der Waals surface area contributed by atoms with Crippen LogP contribution in [0.1, 0.15) is 25.7 Å². The van der Waals surface area contributed by atoms with E-state index < -0.39 is 0 Å². The molecule has 0 aromatic rings. The summed E-state index contributed by atoms with van der Waals surface area (Å²) >= 11 is 2.19. The van der Waals surface area contributed by atoms with Crippen LogP contribution < -0.4 is 5.73 Å². The summed E-state index contributed by atoms with van der Waals surface area (Å²) in [5.41, 5.74) is 6.05. The number of piperidine rings is 1. The van der Waals surface area contributed by atoms with E-state index in [1.807, 2.05) is 0 Å². The lowest BCUT2D eigenvalue weighted by molar-refractivity contribution is 0.223. The molecule has 0 radical (unpaired) electrons. The molecule has 1 atom stereocenters. The number of hydrogen-bond donors (Lipinski definition) is 1. The zero-order chi connectivity index (χ0) is 9.31. The first-order valence-corrected chi connectivity index (χ1v) is 6.27. The number of nitrogens with two attached hydrogens (primary N) is 1. The van der Waals surface area contributed by atoms with Crippen molar-refractivity contribution in [1.82, 2.24) is 4.90 Å². The lowest BCUT2D eigenvalue weighted by Gasteiger charge is -2.44. The van der Waals surface area contributed by atoms with E-state index in [4.69, 9.17) is 5.73 Å². The Morgan fingerprint density at radius 1 is 1.38 bits per heavy atom. The Bertz CT molecular complexity index is 176. The topological polar surface area (TPSA) is 29.3 Å². The second kappa shape index (κ2) is 3.79. The number of nitrogens with zero attached hydrogens (tertiary/aromatic N) is 1. The molecule has 76 valence electrons. The monoisotopic (exact) mass is 200 g/mol. The molecule has 0 aromatic carbocycles. The minimum Gasteiger partial charge on any atom is -0.328 e. The highest BCUT2D eigenvalue weighted by Gasteiger charge is 2.37. The molecule has 1 spiro atoms. The third-order valence-corrected chi connectivity index (χ3v) is 5.06. The molecule has 2 saturated heterocycles. The molecular formula is C10H20N2S. The van der Waals surface area contributed by atoms with Gasteiger partial charge in [0.2, 0.25) is 0 Å². The zero-order valence-electron chi connectivity index (χ0n) is 8.46. The van der Waals surface area contributed by atoms with E-state index >= 15 is 0 Å². The minimum atomic E-state index is 0.477. The van der Waals surface area contributed by atoms with Crippen LogP contribution in [-0.4, -0.2) is 41.6 Å². The first-order chi connectivity index (χ1) is 6.20. The van der Waals surface area contributed by atoms with Crippen LogP contribution in [-0.2, 0) is 0 Å². The molecule has 0 aliphatic carbocycles. The molecule has 2 N–H and O–H groups in total. The van der Waals surface area contributed by atoms with E-state index in [-0.39, 0.29) is 0 Å². The molecule has 2 heterocycles. The van der Waals surface area contributed by atoms with Crippen molar-refractivity contribution in [3.63, 3.8) is 0 Å². The van der Waals surface area contributed by atoms with Gasteiger partial charge in [0.1, 0.15) is 0 Å². The third-order valence-electron chi connectivity index (χ3n) is 3.43. The molecule has 2 rings (SSSR count). The summed E-state index contributed by atoms with van der Waals surface area (Å²) in [6, 6.07) is 0.477. The summed E-state index contributed by atoms with van der Waals surface area (Å²) in [7, 11) is 2.22. The van der Waals surface area contributed by atoms with Gasteiger partial charge >= 0.3 is 0 Å². The summed E-state index contributed by atoms with van der Waals surface area (Å²) in [6.07, 6.45) is 5.18. The van der Waals surface area contributed by atoms with Gasteiger partial charge in [0.05, 0.1) is 0 Å². The van der Waals surface area contributed by atoms with Gasteiger partial charge < -0.3 is 10.6 Å². The standard InChI is InChI=1S/C10H20N2S/c1-12-5-3-10(4-6-12)8-9(11)2-7-13-10/h9H,2-8,11H2,1H3. The van der Waals surface area contributed by atoms with Crippen molar-refractivity contribution in [3.05, 3.63) is 0 Å². The van der Waals surface area contributed by atoms with Gasteiger partial charge in [-0.05, 0) is 51.6 Å². The summed E-state index contributed by atoms with van der Waals surface area (Å²) < 4.78 is 0.560. The van der Waals surface area contributed by atoms with Crippen molar-refractivity contribution in [2.45, 2.75) is 36.5 Å². The van der Waals surface area contributed by atoms with Crippen LogP contribution >= 0.6 is 11.8 Å². The van der Waals surface area contributed by atoms with Crippen molar-refractivity contribution < 1.29 is 0 Å². The average molecular weight is 200 g/mol. The first-order valence-electron chi connectivity index (χ1n) is 5.28. The maximum atomic E-state index is 6.05. The summed E-state index contributed by atoms with van der Waals surface area (Å²) in [4.78, 5) is 2.44. The van der Waals surface area contributed by atoms with Gasteiger partial charge in [0.25, 0.3) is 0 Å². The zero-order valence-corrected chi connectivity index (χ0v) is 9.28. The largest absolute Gasteiger partial charge is 0.328 e. The van der Waals surface area contributed by atoms with E-state index in [0.717, 1.165) is 0 Å². The van der Waals surface area contributed by atoms with Gasteiger partial charge in [0, 0.05) is 10.8 Å². The van der Waals surface area contributed by atoms with E-state index in [2.05, 4.69) is 23.7 Å². The van der Waals surface area contributed by atoms with Gasteiger partial charge in [-0.25, -0.2) is 0 Å². The van der Waals surface area contributed by atoms with Crippen LogP contribution in [0.25, 0.3) is 0 Å². The molecular weight excluding hydrogens is 180 g/mol. The molecule has 0 amide bonds. The van der Waals surface area contributed by atoms with Gasteiger partial charge in [-0.15, -0.1) is 0 Å². The second-order valence-corrected chi connectivity index (χ2v) is 6.15. The molecule has 2 aliphatic heterocycles. The quantitative estimate of drug-likeness (QED) is 0.639. The van der Waals surface area contributed by atoms with E-state index in [1.165, 1.54) is 44.5 Å². The second-order valence-electron chi connectivity index (χ2n) is 4.59. The number of rotatable bonds is 0. The van der Waals surface area contributed by atoms with E-state index in [1.54, 1.807) is 0 Å². The minimum absolute atomic E-state index is 0.477. The molecule has 0 aromatic heterocycles. The van der Waals surface area contributed by atoms with Crippen LogP contribution in [0.3, 0.4) is 0 Å². The fraction of sp³-hybridized carbons (Fsp3) is 1.00. The Morgan fingerprint density at radius 2 is 2.08 bits per heavy atom. The van der Waals surface area contributed by atoms with Crippen LogP contribution in [0.4, 0.5) is 0 Å². The highest BCUT2D eigenvalue weighted by atomic mass is 32.2. The predicted molar refractivity (Wildman–Crippen MR) is 59.1 cm³/mol. The van der Waals surface area contributed by atoms with Crippen molar-refractivity contribution in [2.75, 3.05) is 25.9 Å². The van der Waals surface area contributed by atoms with Crippen molar-refractivity contribution in [2.24, 2.45) is 5.73 Å². The van der Waals surface area contributed by atoms with Gasteiger partial charge in [-0.1, -0.05) is 0 Å². The maximum absolute atomic E-state index is 6.05. The average Bonchev–Trinajstić information content (AvgIpc) is 2.11. The Labute approximate surface area is 85.2 Å². The molecule has 13 heavy (non-hydrogen) atoms. The molecule has 3 heteroatoms. The highest BCUT2D eigenvalue weighted by molar-refractivity contribution is 8.00. The number of hydrogen-bond acceptors (Lipinski definition) is 3. The number of likely N-dealkylation sites (tertiary alicyclic amines) is 1. The Hall–Kier alpha value is 0.270. The lowest BCUT2D eigenvalue weighted by Crippen LogP contribution is -2.46. The van der Waals surface area contributed by atoms with Crippen LogP contribution in [0, 0.1) is 0 Å². The Morgan fingerprint density at radius 3 is 2.69 bits per heavy atom. The maximum Gasteiger partial charge on any atom is 0.0199 e. The lowest BCUT2D eigenvalue weighted by atomic mass is 9.88. The van der Waals surface area contributed by atoms with Crippen molar-refractivity contribution in [3.8, 4) is 0 Å². The molecule has 1 unspecified atom stereocenters. The smallest absolute Gasteiger partial charge is 0.0199 e. The van der Waals surface area contributed by atoms with Gasteiger partial charge in [-0.3, -0.25) is 0 Å². The van der Waals surface area contributed by atoms with Gasteiger partial charge in [-0.2, -0.15) is 11.8 Å². The summed E-state index contributed by atoms with van der Waals surface area (Å²) in [5, 5.41) is 0. The third kappa shape index (κ3) is 2.20. The van der Waals surface area contributed by atoms with Gasteiger partial charge in [0.15, 0.2) is 0 Å². The molecule has 2 fully saturated rings. The molecule has 2 aliphatic rings. The predicted octanol–water partition coefficient (Wildman–Crippen LogP) is 1.31. The summed E-state index contributed by atoms with van der Waals surface area (Å²) in [6.45, 7) is 2.53.